The number of carbonyl (C=O) groups excluding carboxylic acids is 1. The first-order valence-electron chi connectivity index (χ1n) is 6.95. The number of benzene rings is 1. The van der Waals surface area contributed by atoms with Crippen molar-refractivity contribution in [2.45, 2.75) is 13.0 Å². The number of carbonyl (C=O) groups is 2. The Morgan fingerprint density at radius 2 is 2.05 bits per heavy atom. The second-order valence-corrected chi connectivity index (χ2v) is 5.35. The standard InChI is InChI=1S/C16H16N2O3.ClH/c19-15-13(16(20)21)8-12-10-18(7-6-14(12)17-15)9-11-4-2-1-3-5-11;/h1-5,8,13H,6-7,9-10H2,(H,20,21);1H. The number of carboxylic acids is 1. The summed E-state index contributed by atoms with van der Waals surface area (Å²) in [5.41, 5.74) is 2.85. The molecule has 1 unspecified atom stereocenters. The van der Waals surface area contributed by atoms with Gasteiger partial charge < -0.3 is 5.11 Å². The fourth-order valence-electron chi connectivity index (χ4n) is 2.74. The lowest BCUT2D eigenvalue weighted by Crippen LogP contribution is -2.39. The Hall–Kier alpha value is -1.98. The van der Waals surface area contributed by atoms with E-state index >= 15 is 0 Å². The lowest BCUT2D eigenvalue weighted by Gasteiger charge is -2.31. The van der Waals surface area contributed by atoms with Crippen molar-refractivity contribution in [1.82, 2.24) is 4.90 Å². The number of aliphatic carboxylic acids is 1. The van der Waals surface area contributed by atoms with Crippen LogP contribution in [0.25, 0.3) is 0 Å². The molecule has 3 rings (SSSR count). The Balaban J connectivity index is 0.00000176. The van der Waals surface area contributed by atoms with E-state index in [9.17, 15) is 9.59 Å². The number of nitrogens with zero attached hydrogens (tertiary/aromatic N) is 2. The minimum atomic E-state index is -1.13. The summed E-state index contributed by atoms with van der Waals surface area (Å²) in [4.78, 5) is 28.9. The molecule has 1 aromatic rings. The SMILES string of the molecule is Cl.O=C(O)C1C=C2CN(Cc3ccccc3)CCC2=NC1=O. The average Bonchev–Trinajstić information content (AvgIpc) is 2.47. The molecule has 1 atom stereocenters. The Labute approximate surface area is 134 Å². The molecule has 0 spiro atoms. The van der Waals surface area contributed by atoms with Crippen LogP contribution in [0.4, 0.5) is 0 Å². The van der Waals surface area contributed by atoms with Gasteiger partial charge in [0.1, 0.15) is 0 Å². The van der Waals surface area contributed by atoms with Crippen LogP contribution >= 0.6 is 12.4 Å². The van der Waals surface area contributed by atoms with E-state index in [2.05, 4.69) is 22.0 Å². The fraction of sp³-hybridized carbons (Fsp3) is 0.312. The number of rotatable bonds is 3. The van der Waals surface area contributed by atoms with E-state index in [1.54, 1.807) is 6.08 Å². The predicted molar refractivity (Wildman–Crippen MR) is 85.2 cm³/mol. The molecule has 0 aliphatic carbocycles. The Morgan fingerprint density at radius 1 is 1.32 bits per heavy atom. The first-order valence-corrected chi connectivity index (χ1v) is 6.95. The van der Waals surface area contributed by atoms with Gasteiger partial charge >= 0.3 is 5.97 Å². The van der Waals surface area contributed by atoms with Crippen molar-refractivity contribution in [3.8, 4) is 0 Å². The van der Waals surface area contributed by atoms with Gasteiger partial charge in [-0.15, -0.1) is 12.4 Å². The maximum absolute atomic E-state index is 11.6. The van der Waals surface area contributed by atoms with Gasteiger partial charge in [0.05, 0.1) is 0 Å². The van der Waals surface area contributed by atoms with Crippen molar-refractivity contribution in [3.05, 3.63) is 47.5 Å². The van der Waals surface area contributed by atoms with Crippen molar-refractivity contribution in [2.24, 2.45) is 10.9 Å². The van der Waals surface area contributed by atoms with Crippen molar-refractivity contribution in [3.63, 3.8) is 0 Å². The lowest BCUT2D eigenvalue weighted by atomic mass is 9.93. The van der Waals surface area contributed by atoms with Crippen LogP contribution < -0.4 is 0 Å². The van der Waals surface area contributed by atoms with Gasteiger partial charge in [-0.05, 0) is 11.1 Å². The van der Waals surface area contributed by atoms with Crippen LogP contribution in [-0.4, -0.2) is 40.7 Å². The number of halogens is 1. The van der Waals surface area contributed by atoms with Gasteiger partial charge in [0.2, 0.25) is 0 Å². The number of hydrogen-bond acceptors (Lipinski definition) is 3. The monoisotopic (exact) mass is 320 g/mol. The molecule has 22 heavy (non-hydrogen) atoms. The topological polar surface area (TPSA) is 70.0 Å². The van der Waals surface area contributed by atoms with E-state index in [4.69, 9.17) is 5.11 Å². The minimum absolute atomic E-state index is 0. The largest absolute Gasteiger partial charge is 0.480 e. The van der Waals surface area contributed by atoms with Gasteiger partial charge in [-0.1, -0.05) is 36.4 Å². The van der Waals surface area contributed by atoms with Crippen molar-refractivity contribution in [2.75, 3.05) is 13.1 Å². The highest BCUT2D eigenvalue weighted by molar-refractivity contribution is 6.14. The van der Waals surface area contributed by atoms with Gasteiger partial charge in [-0.2, -0.15) is 0 Å². The lowest BCUT2D eigenvalue weighted by molar-refractivity contribution is -0.143. The van der Waals surface area contributed by atoms with Crippen LogP contribution in [0.1, 0.15) is 12.0 Å². The molecule has 1 N–H and O–H groups in total. The van der Waals surface area contributed by atoms with E-state index in [1.807, 2.05) is 18.2 Å². The molecule has 0 aromatic heterocycles. The smallest absolute Gasteiger partial charge is 0.320 e. The summed E-state index contributed by atoms with van der Waals surface area (Å²) >= 11 is 0. The zero-order valence-electron chi connectivity index (χ0n) is 11.9. The summed E-state index contributed by atoms with van der Waals surface area (Å²) in [7, 11) is 0. The number of aliphatic imine (C=N–C) groups is 1. The molecule has 6 heteroatoms. The molecule has 116 valence electrons. The highest BCUT2D eigenvalue weighted by Crippen LogP contribution is 2.23. The Morgan fingerprint density at radius 3 is 2.73 bits per heavy atom. The minimum Gasteiger partial charge on any atom is -0.480 e. The summed E-state index contributed by atoms with van der Waals surface area (Å²) in [5.74, 6) is -2.81. The molecule has 1 fully saturated rings. The Bertz CT molecular complexity index is 640. The van der Waals surface area contributed by atoms with Crippen LogP contribution in [0, 0.1) is 5.92 Å². The highest BCUT2D eigenvalue weighted by atomic mass is 35.5. The summed E-state index contributed by atoms with van der Waals surface area (Å²) in [6.07, 6.45) is 2.25. The van der Waals surface area contributed by atoms with E-state index in [1.165, 1.54) is 5.56 Å². The van der Waals surface area contributed by atoms with Crippen LogP contribution in [0.2, 0.25) is 0 Å². The summed E-state index contributed by atoms with van der Waals surface area (Å²) < 4.78 is 0. The Kier molecular flexibility index (Phi) is 5.11. The molecule has 0 bridgehead atoms. The van der Waals surface area contributed by atoms with Gasteiger partial charge in [0.25, 0.3) is 5.91 Å². The second kappa shape index (κ2) is 6.85. The number of amides is 1. The van der Waals surface area contributed by atoms with Crippen molar-refractivity contribution < 1.29 is 14.7 Å². The molecule has 2 heterocycles. The van der Waals surface area contributed by atoms with Gasteiger partial charge in [0.15, 0.2) is 5.92 Å². The maximum Gasteiger partial charge on any atom is 0.320 e. The first kappa shape index (κ1) is 16.4. The fourth-order valence-corrected chi connectivity index (χ4v) is 2.74. The van der Waals surface area contributed by atoms with Gasteiger partial charge in [0, 0.05) is 31.8 Å². The number of dihydropyridines is 1. The van der Waals surface area contributed by atoms with Gasteiger partial charge in [-0.25, -0.2) is 4.99 Å². The third-order valence-electron chi connectivity index (χ3n) is 3.82. The van der Waals surface area contributed by atoms with Crippen LogP contribution in [0.3, 0.4) is 0 Å². The molecule has 0 radical (unpaired) electrons. The van der Waals surface area contributed by atoms with Crippen LogP contribution in [0.15, 0.2) is 47.0 Å². The second-order valence-electron chi connectivity index (χ2n) is 5.35. The van der Waals surface area contributed by atoms with Crippen molar-refractivity contribution >= 4 is 30.0 Å². The summed E-state index contributed by atoms with van der Waals surface area (Å²) in [5, 5.41) is 9.05. The number of piperidine rings is 1. The third-order valence-corrected chi connectivity index (χ3v) is 3.82. The molecule has 0 saturated carbocycles. The third kappa shape index (κ3) is 3.43. The number of fused-ring (bicyclic) bond motifs is 1. The van der Waals surface area contributed by atoms with E-state index in [-0.39, 0.29) is 12.4 Å². The molecule has 1 amide bonds. The molecule has 1 aromatic carbocycles. The van der Waals surface area contributed by atoms with Crippen molar-refractivity contribution in [1.29, 1.82) is 0 Å². The maximum atomic E-state index is 11.6. The zero-order valence-corrected chi connectivity index (χ0v) is 12.8. The summed E-state index contributed by atoms with van der Waals surface area (Å²) in [6.45, 7) is 2.29. The molecular weight excluding hydrogens is 304 g/mol. The molecule has 2 aliphatic rings. The number of carboxylic acid groups (broad SMARTS) is 1. The summed E-state index contributed by atoms with van der Waals surface area (Å²) in [6, 6.07) is 10.1. The molecular formula is C16H17ClN2O3. The van der Waals surface area contributed by atoms with E-state index < -0.39 is 17.8 Å². The average molecular weight is 321 g/mol. The van der Waals surface area contributed by atoms with Crippen LogP contribution in [0.5, 0.6) is 0 Å². The van der Waals surface area contributed by atoms with Gasteiger partial charge in [-0.3, -0.25) is 14.5 Å². The number of hydrogen-bond donors (Lipinski definition) is 1. The normalized spacial score (nSPS) is 21.3. The first-order chi connectivity index (χ1) is 10.1. The molecule has 2 aliphatic heterocycles. The quantitative estimate of drug-likeness (QED) is 0.864. The van der Waals surface area contributed by atoms with E-state index in [0.29, 0.717) is 13.0 Å². The highest BCUT2D eigenvalue weighted by Gasteiger charge is 2.32. The van der Waals surface area contributed by atoms with E-state index in [0.717, 1.165) is 24.4 Å². The molecule has 1 saturated heterocycles. The predicted octanol–water partition coefficient (Wildman–Crippen LogP) is 1.92. The van der Waals surface area contributed by atoms with Crippen LogP contribution in [-0.2, 0) is 16.1 Å². The number of likely N-dealkylation sites (tertiary alicyclic amines) is 1. The zero-order chi connectivity index (χ0) is 14.8. The molecule has 5 nitrogen and oxygen atoms in total.